The van der Waals surface area contributed by atoms with E-state index >= 15 is 0 Å². The van der Waals surface area contributed by atoms with Crippen molar-refractivity contribution < 1.29 is 9.18 Å². The largest absolute Gasteiger partial charge is 0.330 e. The Balaban J connectivity index is 2.16. The number of halogens is 1. The molecule has 1 aliphatic heterocycles. The van der Waals surface area contributed by atoms with Crippen molar-refractivity contribution in [1.29, 1.82) is 0 Å². The fourth-order valence-electron chi connectivity index (χ4n) is 2.10. The van der Waals surface area contributed by atoms with Crippen LogP contribution in [0, 0.1) is 11.7 Å². The van der Waals surface area contributed by atoms with E-state index in [0.29, 0.717) is 19.5 Å². The molecule has 0 saturated carbocycles. The first kappa shape index (κ1) is 12.0. The molecule has 1 aromatic carbocycles. The zero-order chi connectivity index (χ0) is 12.4. The smallest absolute Gasteiger partial charge is 0.227 e. The lowest BCUT2D eigenvalue weighted by Gasteiger charge is -2.19. The van der Waals surface area contributed by atoms with Crippen LogP contribution in [0.4, 0.5) is 10.1 Å². The Hall–Kier alpha value is -1.42. The number of hydrogen-bond acceptors (Lipinski definition) is 2. The molecule has 0 radical (unpaired) electrons. The molecule has 4 heteroatoms. The van der Waals surface area contributed by atoms with Crippen LogP contribution in [0.15, 0.2) is 18.2 Å². The maximum Gasteiger partial charge on any atom is 0.227 e. The summed E-state index contributed by atoms with van der Waals surface area (Å²) in [5, 5.41) is 0. The Kier molecular flexibility index (Phi) is 3.43. The Morgan fingerprint density at radius 3 is 3.06 bits per heavy atom. The molecule has 2 rings (SSSR count). The van der Waals surface area contributed by atoms with Gasteiger partial charge < -0.3 is 10.6 Å². The molecule has 17 heavy (non-hydrogen) atoms. The summed E-state index contributed by atoms with van der Waals surface area (Å²) in [6.07, 6.45) is 1.23. The third-order valence-electron chi connectivity index (χ3n) is 3.17. The summed E-state index contributed by atoms with van der Waals surface area (Å²) in [6.45, 7) is 3.09. The van der Waals surface area contributed by atoms with Crippen LogP contribution in [0.3, 0.4) is 0 Å². The van der Waals surface area contributed by atoms with Gasteiger partial charge in [0.05, 0.1) is 0 Å². The van der Waals surface area contributed by atoms with Gasteiger partial charge in [-0.05, 0) is 36.6 Å². The lowest BCUT2D eigenvalue weighted by Crippen LogP contribution is -2.31. The number of rotatable bonds is 3. The molecule has 1 amide bonds. The normalized spacial score (nSPS) is 15.8. The Labute approximate surface area is 100 Å². The second kappa shape index (κ2) is 4.84. The molecular weight excluding hydrogens is 219 g/mol. The van der Waals surface area contributed by atoms with E-state index < -0.39 is 0 Å². The first-order valence-electron chi connectivity index (χ1n) is 5.90. The average Bonchev–Trinajstić information content (AvgIpc) is 2.71. The van der Waals surface area contributed by atoms with Crippen molar-refractivity contribution in [3.8, 4) is 0 Å². The van der Waals surface area contributed by atoms with Gasteiger partial charge in [-0.2, -0.15) is 0 Å². The Morgan fingerprint density at radius 1 is 1.59 bits per heavy atom. The number of nitrogens with two attached hydrogens (primary N) is 1. The number of carbonyl (C=O) groups excluding carboxylic acids is 1. The number of nitrogens with zero attached hydrogens (tertiary/aromatic N) is 1. The molecule has 1 aromatic rings. The fraction of sp³-hybridized carbons (Fsp3) is 0.462. The van der Waals surface area contributed by atoms with Gasteiger partial charge in [-0.3, -0.25) is 4.79 Å². The predicted octanol–water partition coefficient (Wildman–Crippen LogP) is 1.70. The molecule has 0 saturated heterocycles. The van der Waals surface area contributed by atoms with Gasteiger partial charge in [0.25, 0.3) is 0 Å². The van der Waals surface area contributed by atoms with Crippen molar-refractivity contribution in [2.24, 2.45) is 11.7 Å². The number of hydrogen-bond donors (Lipinski definition) is 1. The van der Waals surface area contributed by atoms with Gasteiger partial charge in [0.1, 0.15) is 5.82 Å². The summed E-state index contributed by atoms with van der Waals surface area (Å²) in [4.78, 5) is 13.7. The van der Waals surface area contributed by atoms with Crippen LogP contribution in [0.1, 0.15) is 18.9 Å². The van der Waals surface area contributed by atoms with Crippen LogP contribution in [-0.4, -0.2) is 19.0 Å². The van der Waals surface area contributed by atoms with Gasteiger partial charge in [-0.25, -0.2) is 4.39 Å². The molecule has 1 atom stereocenters. The van der Waals surface area contributed by atoms with Crippen LogP contribution in [0.5, 0.6) is 0 Å². The van der Waals surface area contributed by atoms with Gasteiger partial charge in [-0.15, -0.1) is 0 Å². The molecule has 1 unspecified atom stereocenters. The van der Waals surface area contributed by atoms with Crippen molar-refractivity contribution in [3.63, 3.8) is 0 Å². The van der Waals surface area contributed by atoms with Crippen molar-refractivity contribution in [3.05, 3.63) is 29.6 Å². The quantitative estimate of drug-likeness (QED) is 0.868. The van der Waals surface area contributed by atoms with E-state index in [1.54, 1.807) is 11.0 Å². The van der Waals surface area contributed by atoms with Crippen molar-refractivity contribution in [2.75, 3.05) is 18.0 Å². The number of amides is 1. The topological polar surface area (TPSA) is 46.3 Å². The highest BCUT2D eigenvalue weighted by molar-refractivity contribution is 5.95. The minimum absolute atomic E-state index is 0.0345. The van der Waals surface area contributed by atoms with Crippen molar-refractivity contribution >= 4 is 11.6 Å². The van der Waals surface area contributed by atoms with E-state index in [2.05, 4.69) is 0 Å². The summed E-state index contributed by atoms with van der Waals surface area (Å²) >= 11 is 0. The molecule has 0 bridgehead atoms. The Bertz CT molecular complexity index is 433. The van der Waals surface area contributed by atoms with Gasteiger partial charge in [-0.1, -0.05) is 13.0 Å². The molecule has 2 N–H and O–H groups in total. The van der Waals surface area contributed by atoms with E-state index in [9.17, 15) is 9.18 Å². The molecule has 3 nitrogen and oxygen atoms in total. The zero-order valence-corrected chi connectivity index (χ0v) is 9.95. The van der Waals surface area contributed by atoms with Crippen molar-refractivity contribution in [2.45, 2.75) is 19.8 Å². The van der Waals surface area contributed by atoms with Gasteiger partial charge in [0.15, 0.2) is 0 Å². The van der Waals surface area contributed by atoms with Crippen LogP contribution in [-0.2, 0) is 11.2 Å². The van der Waals surface area contributed by atoms with Crippen LogP contribution in [0.2, 0.25) is 0 Å². The highest BCUT2D eigenvalue weighted by Crippen LogP contribution is 2.29. The van der Waals surface area contributed by atoms with Crippen LogP contribution < -0.4 is 10.6 Å². The van der Waals surface area contributed by atoms with E-state index in [1.165, 1.54) is 12.1 Å². The lowest BCUT2D eigenvalue weighted by molar-refractivity contribution is -0.119. The summed E-state index contributed by atoms with van der Waals surface area (Å²) in [6, 6.07) is 4.63. The van der Waals surface area contributed by atoms with Crippen LogP contribution >= 0.6 is 0 Å². The maximum absolute atomic E-state index is 13.2. The van der Waals surface area contributed by atoms with Crippen molar-refractivity contribution in [1.82, 2.24) is 0 Å². The van der Waals surface area contributed by atoms with E-state index in [1.807, 2.05) is 6.92 Å². The second-order valence-corrected chi connectivity index (χ2v) is 4.61. The summed E-state index contributed by atoms with van der Waals surface area (Å²) in [5.74, 6) is -0.0947. The highest BCUT2D eigenvalue weighted by atomic mass is 19.1. The average molecular weight is 236 g/mol. The fourth-order valence-corrected chi connectivity index (χ4v) is 2.10. The second-order valence-electron chi connectivity index (χ2n) is 4.61. The standard InChI is InChI=1S/C13H17FN2O/c1-9(8-15)6-13(17)16-5-4-10-2-3-11(14)7-12(10)16/h2-3,7,9H,4-6,8,15H2,1H3. The van der Waals surface area contributed by atoms with E-state index in [0.717, 1.165) is 17.7 Å². The third-order valence-corrected chi connectivity index (χ3v) is 3.17. The number of carbonyl (C=O) groups is 1. The summed E-state index contributed by atoms with van der Waals surface area (Å²) < 4.78 is 13.2. The highest BCUT2D eigenvalue weighted by Gasteiger charge is 2.25. The van der Waals surface area contributed by atoms with E-state index in [-0.39, 0.29) is 17.6 Å². The zero-order valence-electron chi connectivity index (χ0n) is 9.95. The van der Waals surface area contributed by atoms with E-state index in [4.69, 9.17) is 5.73 Å². The SMILES string of the molecule is CC(CN)CC(=O)N1CCc2ccc(F)cc21. The molecule has 0 aliphatic carbocycles. The first-order chi connectivity index (χ1) is 8.11. The number of fused-ring (bicyclic) bond motifs is 1. The molecule has 0 aromatic heterocycles. The molecule has 1 heterocycles. The monoisotopic (exact) mass is 236 g/mol. The molecule has 1 aliphatic rings. The lowest BCUT2D eigenvalue weighted by atomic mass is 10.1. The third kappa shape index (κ3) is 2.47. The first-order valence-corrected chi connectivity index (χ1v) is 5.90. The molecule has 0 fully saturated rings. The molecule has 92 valence electrons. The number of anilines is 1. The van der Waals surface area contributed by atoms with Gasteiger partial charge in [0, 0.05) is 18.7 Å². The predicted molar refractivity (Wildman–Crippen MR) is 65.3 cm³/mol. The molecule has 0 spiro atoms. The van der Waals surface area contributed by atoms with Gasteiger partial charge in [0.2, 0.25) is 5.91 Å². The molecular formula is C13H17FN2O. The minimum atomic E-state index is -0.296. The van der Waals surface area contributed by atoms with Gasteiger partial charge >= 0.3 is 0 Å². The minimum Gasteiger partial charge on any atom is -0.330 e. The summed E-state index contributed by atoms with van der Waals surface area (Å²) in [5.41, 5.74) is 7.27. The van der Waals surface area contributed by atoms with Crippen LogP contribution in [0.25, 0.3) is 0 Å². The number of benzene rings is 1. The summed E-state index contributed by atoms with van der Waals surface area (Å²) in [7, 11) is 0. The Morgan fingerprint density at radius 2 is 2.35 bits per heavy atom. The maximum atomic E-state index is 13.2.